The number of imidazole rings is 1. The predicted octanol–water partition coefficient (Wildman–Crippen LogP) is 0.236. The number of nitrogens with zero attached hydrogens (tertiary/aromatic N) is 3. The van der Waals surface area contributed by atoms with E-state index < -0.39 is 28.5 Å². The number of aromatic nitrogens is 2. The monoisotopic (exact) mass is 345 g/mol. The number of hydrogen-bond donors (Lipinski definition) is 0. The van der Waals surface area contributed by atoms with Crippen LogP contribution in [0.15, 0.2) is 6.20 Å². The average Bonchev–Trinajstić information content (AvgIpc) is 2.90. The summed E-state index contributed by atoms with van der Waals surface area (Å²) in [6.07, 6.45) is 1.38. The molecule has 0 saturated carbocycles. The zero-order valence-electron chi connectivity index (χ0n) is 14.7. The highest BCUT2D eigenvalue weighted by Gasteiger charge is 2.53. The van der Waals surface area contributed by atoms with Gasteiger partial charge in [0.2, 0.25) is 0 Å². The summed E-state index contributed by atoms with van der Waals surface area (Å²) >= 11 is 0. The molecule has 1 aromatic heterocycles. The second-order valence-electron chi connectivity index (χ2n) is 6.56. The minimum absolute atomic E-state index is 0.00841. The Bertz CT molecular complexity index is 668. The van der Waals surface area contributed by atoms with E-state index in [1.807, 2.05) is 27.7 Å². The van der Waals surface area contributed by atoms with Crippen LogP contribution in [0.4, 0.5) is 0 Å². The first kappa shape index (κ1) is 18.2. The molecule has 8 nitrogen and oxygen atoms in total. The van der Waals surface area contributed by atoms with Gasteiger partial charge < -0.3 is 14.0 Å². The van der Waals surface area contributed by atoms with Crippen LogP contribution >= 0.6 is 0 Å². The van der Waals surface area contributed by atoms with Crippen LogP contribution in [0.5, 0.6) is 6.01 Å². The molecule has 1 aromatic rings. The highest BCUT2D eigenvalue weighted by atomic mass is 32.2. The van der Waals surface area contributed by atoms with Crippen molar-refractivity contribution >= 4 is 22.9 Å². The summed E-state index contributed by atoms with van der Waals surface area (Å²) in [6, 6.07) is -0.00841. The van der Waals surface area contributed by atoms with E-state index in [9.17, 15) is 8.42 Å². The van der Waals surface area contributed by atoms with Crippen molar-refractivity contribution in [2.45, 2.75) is 45.8 Å². The molecular weight excluding hydrogens is 321 g/mol. The molecule has 2 rings (SSSR count). The molecule has 2 heterocycles. The molecule has 0 bridgehead atoms. The molecule has 1 saturated heterocycles. The lowest BCUT2D eigenvalue weighted by molar-refractivity contribution is 0.00578. The average molecular weight is 345 g/mol. The Labute approximate surface area is 138 Å². The first-order chi connectivity index (χ1) is 10.4. The highest BCUT2D eigenvalue weighted by molar-refractivity contribution is 7.87. The molecule has 0 spiro atoms. The Morgan fingerprint density at radius 3 is 2.22 bits per heavy atom. The van der Waals surface area contributed by atoms with Gasteiger partial charge in [0, 0.05) is 20.3 Å². The standard InChI is InChI=1S/C13H24BN3O5S/c1-8-20-11-15-10(9-17(11)23(18,19)16(6)7)14-21-12(2,3)13(4,5)22-14/h9H,8H2,1-7H3. The van der Waals surface area contributed by atoms with Crippen LogP contribution in [0.2, 0.25) is 0 Å². The quantitative estimate of drug-likeness (QED) is 0.711. The van der Waals surface area contributed by atoms with E-state index in [-0.39, 0.29) is 6.01 Å². The highest BCUT2D eigenvalue weighted by Crippen LogP contribution is 2.36. The largest absolute Gasteiger partial charge is 0.516 e. The molecule has 1 fully saturated rings. The maximum atomic E-state index is 12.4. The summed E-state index contributed by atoms with van der Waals surface area (Å²) in [4.78, 5) is 4.25. The van der Waals surface area contributed by atoms with Crippen molar-refractivity contribution in [3.63, 3.8) is 0 Å². The SMILES string of the molecule is CCOc1nc(B2OC(C)(C)C(C)(C)O2)cn1S(=O)(=O)N(C)C. The third-order valence-electron chi connectivity index (χ3n) is 4.14. The first-order valence-corrected chi connectivity index (χ1v) is 8.83. The Balaban J connectivity index is 2.44. The van der Waals surface area contributed by atoms with Crippen LogP contribution in [-0.2, 0) is 19.5 Å². The minimum Gasteiger partial charge on any atom is -0.464 e. The van der Waals surface area contributed by atoms with E-state index in [0.29, 0.717) is 12.2 Å². The van der Waals surface area contributed by atoms with Crippen LogP contribution in [0.3, 0.4) is 0 Å². The fourth-order valence-electron chi connectivity index (χ4n) is 2.01. The molecule has 10 heteroatoms. The van der Waals surface area contributed by atoms with Crippen molar-refractivity contribution in [1.29, 1.82) is 0 Å². The van der Waals surface area contributed by atoms with Gasteiger partial charge in [-0.2, -0.15) is 16.7 Å². The first-order valence-electron chi connectivity index (χ1n) is 7.43. The minimum atomic E-state index is -3.74. The molecule has 0 N–H and O–H groups in total. The van der Waals surface area contributed by atoms with Gasteiger partial charge in [0.15, 0.2) is 0 Å². The van der Waals surface area contributed by atoms with Gasteiger partial charge in [-0.1, -0.05) is 0 Å². The molecule has 0 atom stereocenters. The van der Waals surface area contributed by atoms with E-state index in [2.05, 4.69) is 4.98 Å². The molecular formula is C13H24BN3O5S. The van der Waals surface area contributed by atoms with Gasteiger partial charge in [-0.3, -0.25) is 0 Å². The molecule has 130 valence electrons. The van der Waals surface area contributed by atoms with Crippen molar-refractivity contribution in [1.82, 2.24) is 13.3 Å². The molecule has 1 aliphatic rings. The van der Waals surface area contributed by atoms with E-state index in [1.54, 1.807) is 6.92 Å². The van der Waals surface area contributed by atoms with Crippen molar-refractivity contribution in [2.24, 2.45) is 0 Å². The number of rotatable bonds is 5. The smallest absolute Gasteiger partial charge is 0.464 e. The van der Waals surface area contributed by atoms with Crippen LogP contribution in [-0.4, -0.2) is 60.7 Å². The maximum absolute atomic E-state index is 12.4. The van der Waals surface area contributed by atoms with E-state index in [4.69, 9.17) is 14.0 Å². The van der Waals surface area contributed by atoms with E-state index >= 15 is 0 Å². The summed E-state index contributed by atoms with van der Waals surface area (Å²) in [7, 11) is -1.61. The molecule has 0 unspecified atom stereocenters. The van der Waals surface area contributed by atoms with E-state index in [0.717, 1.165) is 8.28 Å². The molecule has 0 aromatic carbocycles. The number of ether oxygens (including phenoxy) is 1. The van der Waals surface area contributed by atoms with Crippen LogP contribution in [0.25, 0.3) is 0 Å². The summed E-state index contributed by atoms with van der Waals surface area (Å²) in [5, 5.41) is 0. The molecule has 0 amide bonds. The molecule has 0 aliphatic carbocycles. The Morgan fingerprint density at radius 1 is 1.26 bits per heavy atom. The molecule has 23 heavy (non-hydrogen) atoms. The summed E-state index contributed by atoms with van der Waals surface area (Å²) in [5.41, 5.74) is -0.709. The Kier molecular flexibility index (Phi) is 4.57. The lowest BCUT2D eigenvalue weighted by Crippen LogP contribution is -2.41. The molecule has 1 aliphatic heterocycles. The van der Waals surface area contributed by atoms with Gasteiger partial charge in [-0.15, -0.1) is 0 Å². The second kappa shape index (κ2) is 5.76. The van der Waals surface area contributed by atoms with E-state index in [1.165, 1.54) is 20.3 Å². The zero-order chi connectivity index (χ0) is 17.6. The van der Waals surface area contributed by atoms with Crippen LogP contribution < -0.4 is 10.3 Å². The van der Waals surface area contributed by atoms with Gasteiger partial charge in [0.1, 0.15) is 0 Å². The van der Waals surface area contributed by atoms with Gasteiger partial charge in [-0.05, 0) is 34.6 Å². The Morgan fingerprint density at radius 2 is 1.78 bits per heavy atom. The van der Waals surface area contributed by atoms with Crippen LogP contribution in [0, 0.1) is 0 Å². The third-order valence-corrected chi connectivity index (χ3v) is 5.82. The normalized spacial score (nSPS) is 20.3. The van der Waals surface area contributed by atoms with Crippen LogP contribution in [0.1, 0.15) is 34.6 Å². The summed E-state index contributed by atoms with van der Waals surface area (Å²) in [5.74, 6) is 0. The zero-order valence-corrected chi connectivity index (χ0v) is 15.5. The van der Waals surface area contributed by atoms with Crippen molar-refractivity contribution in [3.8, 4) is 6.01 Å². The second-order valence-corrected chi connectivity index (χ2v) is 8.57. The van der Waals surface area contributed by atoms with Crippen molar-refractivity contribution in [3.05, 3.63) is 6.20 Å². The predicted molar refractivity (Wildman–Crippen MR) is 87.1 cm³/mol. The fraction of sp³-hybridized carbons (Fsp3) is 0.769. The van der Waals surface area contributed by atoms with Gasteiger partial charge in [0.05, 0.1) is 23.4 Å². The summed E-state index contributed by atoms with van der Waals surface area (Å²) in [6.45, 7) is 9.74. The fourth-order valence-corrected chi connectivity index (χ4v) is 2.89. The lowest BCUT2D eigenvalue weighted by Gasteiger charge is -2.32. The lowest BCUT2D eigenvalue weighted by atomic mass is 9.86. The Hall–Kier alpha value is -1.10. The maximum Gasteiger partial charge on any atom is 0.516 e. The number of hydrogen-bond acceptors (Lipinski definition) is 6. The summed E-state index contributed by atoms with van der Waals surface area (Å²) < 4.78 is 44.0. The topological polar surface area (TPSA) is 82.9 Å². The third kappa shape index (κ3) is 3.12. The van der Waals surface area contributed by atoms with Crippen molar-refractivity contribution < 1.29 is 22.5 Å². The molecule has 0 radical (unpaired) electrons. The van der Waals surface area contributed by atoms with Gasteiger partial charge >= 0.3 is 23.3 Å². The van der Waals surface area contributed by atoms with Gasteiger partial charge in [-0.25, -0.2) is 4.98 Å². The van der Waals surface area contributed by atoms with Gasteiger partial charge in [0.25, 0.3) is 0 Å². The van der Waals surface area contributed by atoms with Crippen molar-refractivity contribution in [2.75, 3.05) is 20.7 Å².